The molecule has 0 aliphatic heterocycles. The molecule has 0 saturated carbocycles. The molecule has 2 rings (SSSR count). The normalized spacial score (nSPS) is 10.2. The number of amides is 2. The first-order valence-corrected chi connectivity index (χ1v) is 6.74. The number of nitrogens with one attached hydrogen (secondary N) is 1. The van der Waals surface area contributed by atoms with Crippen molar-refractivity contribution in [2.45, 2.75) is 13.8 Å². The number of pyridine rings is 1. The fraction of sp³-hybridized carbons (Fsp3) is 0.143. The van der Waals surface area contributed by atoms with E-state index in [4.69, 9.17) is 11.6 Å². The molecule has 0 spiro atoms. The van der Waals surface area contributed by atoms with Crippen LogP contribution in [0.5, 0.6) is 0 Å². The highest BCUT2D eigenvalue weighted by Crippen LogP contribution is 2.26. The summed E-state index contributed by atoms with van der Waals surface area (Å²) in [5.74, 6) is 0.472. The predicted molar refractivity (Wildman–Crippen MR) is 85.6 cm³/mol. The van der Waals surface area contributed by atoms with Crippen LogP contribution in [0.1, 0.15) is 11.1 Å². The van der Waals surface area contributed by atoms with Gasteiger partial charge in [0.15, 0.2) is 0 Å². The molecule has 1 aromatic carbocycles. The van der Waals surface area contributed by atoms with E-state index >= 15 is 0 Å². The van der Waals surface area contributed by atoms with Gasteiger partial charge in [-0.2, -0.15) is 0 Å². The standard InChI is InChI=1S/C14H14ClN3OS/c1-9-3-6-13(16-8-9)17-14(19)18(20)12-7-11(15)5-4-10(12)2/h3-8,20H,1-2H3,(H,16,17,19). The largest absolute Gasteiger partial charge is 0.337 e. The van der Waals surface area contributed by atoms with E-state index in [0.29, 0.717) is 16.5 Å². The Labute approximate surface area is 128 Å². The van der Waals surface area contributed by atoms with Crippen molar-refractivity contribution in [1.29, 1.82) is 0 Å². The number of aryl methyl sites for hydroxylation is 2. The van der Waals surface area contributed by atoms with Crippen molar-refractivity contribution in [3.63, 3.8) is 0 Å². The number of hydrogen-bond acceptors (Lipinski definition) is 3. The number of hydrogen-bond donors (Lipinski definition) is 2. The quantitative estimate of drug-likeness (QED) is 0.815. The lowest BCUT2D eigenvalue weighted by molar-refractivity contribution is 0.260. The number of halogens is 1. The maximum atomic E-state index is 12.1. The molecule has 0 unspecified atom stereocenters. The molecule has 0 radical (unpaired) electrons. The van der Waals surface area contributed by atoms with Crippen LogP contribution in [0.2, 0.25) is 5.02 Å². The molecule has 0 bridgehead atoms. The number of nitrogens with zero attached hydrogens (tertiary/aromatic N) is 2. The van der Waals surface area contributed by atoms with Crippen LogP contribution in [0.25, 0.3) is 0 Å². The van der Waals surface area contributed by atoms with Crippen molar-refractivity contribution in [2.75, 3.05) is 9.62 Å². The maximum absolute atomic E-state index is 12.1. The molecule has 20 heavy (non-hydrogen) atoms. The Morgan fingerprint density at radius 2 is 2.05 bits per heavy atom. The van der Waals surface area contributed by atoms with Crippen LogP contribution >= 0.6 is 24.4 Å². The Kier molecular flexibility index (Phi) is 4.52. The molecule has 1 heterocycles. The second-order valence-electron chi connectivity index (χ2n) is 4.39. The third-order valence-corrected chi connectivity index (χ3v) is 3.37. The highest BCUT2D eigenvalue weighted by molar-refractivity contribution is 7.82. The Hall–Kier alpha value is -1.72. The van der Waals surface area contributed by atoms with Crippen LogP contribution in [0, 0.1) is 13.8 Å². The smallest absolute Gasteiger partial charge is 0.291 e. The molecule has 1 aromatic heterocycles. The minimum atomic E-state index is -0.393. The first-order valence-electron chi connectivity index (χ1n) is 5.96. The van der Waals surface area contributed by atoms with Gasteiger partial charge in [-0.1, -0.05) is 36.5 Å². The molecule has 1 N–H and O–H groups in total. The van der Waals surface area contributed by atoms with Gasteiger partial charge in [0.05, 0.1) is 5.69 Å². The van der Waals surface area contributed by atoms with E-state index in [9.17, 15) is 4.79 Å². The van der Waals surface area contributed by atoms with Crippen molar-refractivity contribution in [2.24, 2.45) is 0 Å². The Balaban J connectivity index is 2.16. The zero-order chi connectivity index (χ0) is 14.7. The van der Waals surface area contributed by atoms with Gasteiger partial charge < -0.3 is 0 Å². The number of rotatable bonds is 2. The van der Waals surface area contributed by atoms with Crippen LogP contribution in [0.4, 0.5) is 16.3 Å². The van der Waals surface area contributed by atoms with E-state index in [0.717, 1.165) is 11.1 Å². The molecule has 2 aromatic rings. The Bertz CT molecular complexity index is 631. The minimum Gasteiger partial charge on any atom is -0.291 e. The third kappa shape index (κ3) is 3.43. The molecule has 4 nitrogen and oxygen atoms in total. The second-order valence-corrected chi connectivity index (χ2v) is 5.23. The number of aromatic nitrogens is 1. The molecule has 104 valence electrons. The number of urea groups is 1. The SMILES string of the molecule is Cc1ccc(NC(=O)N(S)c2cc(Cl)ccc2C)nc1. The average Bonchev–Trinajstić information content (AvgIpc) is 2.43. The molecule has 0 aliphatic rings. The highest BCUT2D eigenvalue weighted by atomic mass is 35.5. The van der Waals surface area contributed by atoms with Crippen molar-refractivity contribution in [3.05, 3.63) is 52.7 Å². The molecule has 0 fully saturated rings. The summed E-state index contributed by atoms with van der Waals surface area (Å²) in [4.78, 5) is 16.2. The number of thiol groups is 1. The molecule has 0 saturated heterocycles. The van der Waals surface area contributed by atoms with Crippen LogP contribution < -0.4 is 9.62 Å². The zero-order valence-electron chi connectivity index (χ0n) is 11.1. The monoisotopic (exact) mass is 307 g/mol. The molecule has 0 aliphatic carbocycles. The Morgan fingerprint density at radius 1 is 1.30 bits per heavy atom. The first-order chi connectivity index (χ1) is 9.47. The van der Waals surface area contributed by atoms with Gasteiger partial charge in [0.2, 0.25) is 0 Å². The molecular weight excluding hydrogens is 294 g/mol. The number of benzene rings is 1. The summed E-state index contributed by atoms with van der Waals surface area (Å²) in [6.07, 6.45) is 1.68. The number of anilines is 2. The van der Waals surface area contributed by atoms with E-state index < -0.39 is 6.03 Å². The van der Waals surface area contributed by atoms with Crippen LogP contribution in [-0.2, 0) is 0 Å². The van der Waals surface area contributed by atoms with Gasteiger partial charge in [0, 0.05) is 11.2 Å². The molecular formula is C14H14ClN3OS. The summed E-state index contributed by atoms with van der Waals surface area (Å²) < 4.78 is 1.21. The van der Waals surface area contributed by atoms with Crippen LogP contribution in [-0.4, -0.2) is 11.0 Å². The number of carbonyl (C=O) groups excluding carboxylic acids is 1. The van der Waals surface area contributed by atoms with Crippen molar-refractivity contribution in [1.82, 2.24) is 4.98 Å². The summed E-state index contributed by atoms with van der Waals surface area (Å²) in [5, 5.41) is 3.22. The van der Waals surface area contributed by atoms with Gasteiger partial charge >= 0.3 is 6.03 Å². The fourth-order valence-electron chi connectivity index (χ4n) is 1.62. The lowest BCUT2D eigenvalue weighted by Gasteiger charge is -2.18. The van der Waals surface area contributed by atoms with Crippen molar-refractivity contribution < 1.29 is 4.79 Å². The zero-order valence-corrected chi connectivity index (χ0v) is 12.7. The summed E-state index contributed by atoms with van der Waals surface area (Å²) >= 11 is 10.2. The van der Waals surface area contributed by atoms with Gasteiger partial charge in [-0.05, 0) is 43.2 Å². The van der Waals surface area contributed by atoms with Gasteiger partial charge in [0.25, 0.3) is 0 Å². The highest BCUT2D eigenvalue weighted by Gasteiger charge is 2.15. The first kappa shape index (κ1) is 14.7. The maximum Gasteiger partial charge on any atom is 0.337 e. The average molecular weight is 308 g/mol. The van der Waals surface area contributed by atoms with Gasteiger partial charge in [0.1, 0.15) is 5.82 Å². The van der Waals surface area contributed by atoms with Crippen LogP contribution in [0.15, 0.2) is 36.5 Å². The van der Waals surface area contributed by atoms with Gasteiger partial charge in [-0.25, -0.2) is 14.1 Å². The fourth-order valence-corrected chi connectivity index (χ4v) is 2.06. The molecule has 2 amide bonds. The summed E-state index contributed by atoms with van der Waals surface area (Å²) in [6.45, 7) is 3.81. The molecule has 6 heteroatoms. The van der Waals surface area contributed by atoms with Gasteiger partial charge in [-0.3, -0.25) is 5.32 Å². The van der Waals surface area contributed by atoms with E-state index in [1.807, 2.05) is 26.0 Å². The van der Waals surface area contributed by atoms with E-state index in [1.54, 1.807) is 24.4 Å². The summed E-state index contributed by atoms with van der Waals surface area (Å²) in [7, 11) is 0. The third-order valence-electron chi connectivity index (χ3n) is 2.74. The Morgan fingerprint density at radius 3 is 2.70 bits per heavy atom. The van der Waals surface area contributed by atoms with Crippen molar-refractivity contribution >= 4 is 42.0 Å². The summed E-state index contributed by atoms with van der Waals surface area (Å²) in [6, 6.07) is 8.50. The molecule has 0 atom stereocenters. The predicted octanol–water partition coefficient (Wildman–Crippen LogP) is 4.24. The topological polar surface area (TPSA) is 45.2 Å². The van der Waals surface area contributed by atoms with E-state index in [1.165, 1.54) is 4.31 Å². The lowest BCUT2D eigenvalue weighted by atomic mass is 10.2. The second kappa shape index (κ2) is 6.15. The lowest BCUT2D eigenvalue weighted by Crippen LogP contribution is -2.27. The van der Waals surface area contributed by atoms with Crippen LogP contribution in [0.3, 0.4) is 0 Å². The summed E-state index contributed by atoms with van der Waals surface area (Å²) in [5.41, 5.74) is 2.55. The van der Waals surface area contributed by atoms with Gasteiger partial charge in [-0.15, -0.1) is 0 Å². The van der Waals surface area contributed by atoms with E-state index in [2.05, 4.69) is 23.1 Å². The number of carbonyl (C=O) groups is 1. The minimum absolute atomic E-state index is 0.393. The van der Waals surface area contributed by atoms with Crippen molar-refractivity contribution in [3.8, 4) is 0 Å². The van der Waals surface area contributed by atoms with E-state index in [-0.39, 0.29) is 0 Å².